The van der Waals surface area contributed by atoms with Gasteiger partial charge < -0.3 is 11.1 Å². The lowest BCUT2D eigenvalue weighted by atomic mass is 10.1. The minimum Gasteiger partial charge on any atom is -0.350 e. The van der Waals surface area contributed by atoms with E-state index in [1.807, 2.05) is 13.0 Å². The van der Waals surface area contributed by atoms with Crippen LogP contribution in [0.1, 0.15) is 34.3 Å². The van der Waals surface area contributed by atoms with E-state index in [9.17, 15) is 13.2 Å². The van der Waals surface area contributed by atoms with E-state index in [0.717, 1.165) is 18.4 Å². The summed E-state index contributed by atoms with van der Waals surface area (Å²) in [7, 11) is -3.81. The fourth-order valence-electron chi connectivity index (χ4n) is 2.95. The van der Waals surface area contributed by atoms with Crippen LogP contribution < -0.4 is 15.8 Å². The number of carbonyl (C=O) groups is 1. The van der Waals surface area contributed by atoms with Gasteiger partial charge in [-0.25, -0.2) is 8.42 Å². The molecule has 0 spiro atoms. The Morgan fingerprint density at radius 2 is 1.89 bits per heavy atom. The van der Waals surface area contributed by atoms with E-state index in [-0.39, 0.29) is 29.3 Å². The van der Waals surface area contributed by atoms with Crippen molar-refractivity contribution in [1.29, 1.82) is 0 Å². The fourth-order valence-corrected chi connectivity index (χ4v) is 4.27. The highest BCUT2D eigenvalue weighted by molar-refractivity contribution is 7.92. The van der Waals surface area contributed by atoms with Crippen LogP contribution in [0.15, 0.2) is 47.4 Å². The second-order valence-electron chi connectivity index (χ2n) is 7.17. The third kappa shape index (κ3) is 5.47. The summed E-state index contributed by atoms with van der Waals surface area (Å²) in [6, 6.07) is 11.7. The maximum Gasteiger partial charge on any atom is 0.262 e. The van der Waals surface area contributed by atoms with Crippen LogP contribution in [0.3, 0.4) is 0 Å². The smallest absolute Gasteiger partial charge is 0.262 e. The van der Waals surface area contributed by atoms with Crippen molar-refractivity contribution < 1.29 is 13.2 Å². The normalized spacial score (nSPS) is 14.7. The number of amides is 1. The van der Waals surface area contributed by atoms with Gasteiger partial charge in [-0.05, 0) is 68.0 Å². The van der Waals surface area contributed by atoms with E-state index >= 15 is 0 Å². The number of hydrogen-bond donors (Lipinski definition) is 3. The molecule has 152 valence electrons. The molecule has 0 radical (unpaired) electrons. The number of benzene rings is 2. The number of rotatable bonds is 7. The Labute approximate surface area is 172 Å². The summed E-state index contributed by atoms with van der Waals surface area (Å²) in [5, 5.41) is 2.80. The molecule has 2 aromatic rings. The standard InChI is InChI=1S/C20H25N3O3S.ClH/c1-13-4-3-5-17(10-13)23-27(25,26)19-11-16(7-6-14(19)2)20(24)22-12-18(21)15-8-9-15;/h3-7,10-11,15,18,23H,8-9,12,21H2,1-2H3,(H,22,24);1H. The molecule has 1 unspecified atom stereocenters. The summed E-state index contributed by atoms with van der Waals surface area (Å²) in [5.74, 6) is 0.163. The molecule has 0 saturated heterocycles. The van der Waals surface area contributed by atoms with Crippen molar-refractivity contribution in [3.63, 3.8) is 0 Å². The Bertz CT molecular complexity index is 959. The Morgan fingerprint density at radius 1 is 1.18 bits per heavy atom. The van der Waals surface area contributed by atoms with Gasteiger partial charge in [0.1, 0.15) is 0 Å². The van der Waals surface area contributed by atoms with Gasteiger partial charge in [-0.1, -0.05) is 18.2 Å². The Balaban J connectivity index is 0.00000280. The number of halogens is 1. The summed E-state index contributed by atoms with van der Waals surface area (Å²) in [5.41, 5.74) is 8.31. The van der Waals surface area contributed by atoms with Crippen LogP contribution in [-0.4, -0.2) is 26.9 Å². The Morgan fingerprint density at radius 3 is 2.54 bits per heavy atom. The van der Waals surface area contributed by atoms with E-state index in [0.29, 0.717) is 29.3 Å². The number of aryl methyl sites for hydroxylation is 2. The molecule has 1 fully saturated rings. The average molecular weight is 424 g/mol. The van der Waals surface area contributed by atoms with Crippen LogP contribution in [-0.2, 0) is 10.0 Å². The predicted molar refractivity (Wildman–Crippen MR) is 113 cm³/mol. The quantitative estimate of drug-likeness (QED) is 0.637. The molecule has 0 bridgehead atoms. The van der Waals surface area contributed by atoms with Gasteiger partial charge in [0.2, 0.25) is 0 Å². The molecule has 8 heteroatoms. The summed E-state index contributed by atoms with van der Waals surface area (Å²) in [6.45, 7) is 3.98. The molecule has 1 aliphatic rings. The summed E-state index contributed by atoms with van der Waals surface area (Å²) in [6.07, 6.45) is 2.21. The first-order valence-corrected chi connectivity index (χ1v) is 10.5. The zero-order chi connectivity index (χ0) is 19.6. The number of hydrogen-bond acceptors (Lipinski definition) is 4. The van der Waals surface area contributed by atoms with Gasteiger partial charge in [0.25, 0.3) is 15.9 Å². The third-order valence-electron chi connectivity index (χ3n) is 4.74. The first-order valence-electron chi connectivity index (χ1n) is 9.00. The number of nitrogens with one attached hydrogen (secondary N) is 2. The first-order chi connectivity index (χ1) is 12.8. The van der Waals surface area contributed by atoms with Gasteiger partial charge in [-0.15, -0.1) is 12.4 Å². The zero-order valence-corrected chi connectivity index (χ0v) is 17.6. The summed E-state index contributed by atoms with van der Waals surface area (Å²) >= 11 is 0. The van der Waals surface area contributed by atoms with Crippen LogP contribution in [0.2, 0.25) is 0 Å². The van der Waals surface area contributed by atoms with Crippen molar-refractivity contribution in [2.45, 2.75) is 37.6 Å². The molecule has 1 atom stereocenters. The highest BCUT2D eigenvalue weighted by atomic mass is 35.5. The van der Waals surface area contributed by atoms with Gasteiger partial charge >= 0.3 is 0 Å². The van der Waals surface area contributed by atoms with Crippen molar-refractivity contribution in [3.8, 4) is 0 Å². The molecular weight excluding hydrogens is 398 g/mol. The second kappa shape index (κ2) is 8.94. The van der Waals surface area contributed by atoms with Crippen LogP contribution >= 0.6 is 12.4 Å². The van der Waals surface area contributed by atoms with Crippen LogP contribution in [0, 0.1) is 19.8 Å². The molecule has 3 rings (SSSR count). The van der Waals surface area contributed by atoms with E-state index in [1.54, 1.807) is 37.3 Å². The van der Waals surface area contributed by atoms with Gasteiger partial charge in [0.15, 0.2) is 0 Å². The molecule has 4 N–H and O–H groups in total. The molecule has 0 aliphatic heterocycles. The number of nitrogens with two attached hydrogens (primary N) is 1. The molecule has 0 heterocycles. The van der Waals surface area contributed by atoms with Gasteiger partial charge in [0, 0.05) is 23.8 Å². The molecule has 1 saturated carbocycles. The van der Waals surface area contributed by atoms with E-state index in [4.69, 9.17) is 5.73 Å². The van der Waals surface area contributed by atoms with Crippen LogP contribution in [0.4, 0.5) is 5.69 Å². The lowest BCUT2D eigenvalue weighted by Crippen LogP contribution is -2.38. The first kappa shape index (κ1) is 22.2. The Hall–Kier alpha value is -2.09. The van der Waals surface area contributed by atoms with Crippen molar-refractivity contribution in [3.05, 3.63) is 59.2 Å². The number of sulfonamides is 1. The van der Waals surface area contributed by atoms with Crippen LogP contribution in [0.25, 0.3) is 0 Å². The van der Waals surface area contributed by atoms with Crippen molar-refractivity contribution >= 4 is 34.0 Å². The molecule has 1 amide bonds. The van der Waals surface area contributed by atoms with E-state index < -0.39 is 10.0 Å². The topological polar surface area (TPSA) is 101 Å². The van der Waals surface area contributed by atoms with Gasteiger partial charge in [-0.2, -0.15) is 0 Å². The maximum atomic E-state index is 12.8. The minimum absolute atomic E-state index is 0. The van der Waals surface area contributed by atoms with Crippen molar-refractivity contribution in [2.75, 3.05) is 11.3 Å². The summed E-state index contributed by atoms with van der Waals surface area (Å²) < 4.78 is 28.2. The van der Waals surface area contributed by atoms with Gasteiger partial charge in [-0.3, -0.25) is 9.52 Å². The largest absolute Gasteiger partial charge is 0.350 e. The third-order valence-corrected chi connectivity index (χ3v) is 6.26. The summed E-state index contributed by atoms with van der Waals surface area (Å²) in [4.78, 5) is 12.5. The molecule has 1 aliphatic carbocycles. The van der Waals surface area contributed by atoms with E-state index in [1.165, 1.54) is 6.07 Å². The molecule has 0 aromatic heterocycles. The monoisotopic (exact) mass is 423 g/mol. The second-order valence-corrected chi connectivity index (χ2v) is 8.82. The highest BCUT2D eigenvalue weighted by Gasteiger charge is 2.28. The lowest BCUT2D eigenvalue weighted by molar-refractivity contribution is 0.0950. The van der Waals surface area contributed by atoms with E-state index in [2.05, 4.69) is 10.0 Å². The minimum atomic E-state index is -3.81. The fraction of sp³-hybridized carbons (Fsp3) is 0.350. The maximum absolute atomic E-state index is 12.8. The molecule has 28 heavy (non-hydrogen) atoms. The lowest BCUT2D eigenvalue weighted by Gasteiger charge is -2.14. The molecular formula is C20H26ClN3O3S. The highest BCUT2D eigenvalue weighted by Crippen LogP contribution is 2.31. The average Bonchev–Trinajstić information content (AvgIpc) is 3.44. The van der Waals surface area contributed by atoms with Crippen LogP contribution in [0.5, 0.6) is 0 Å². The van der Waals surface area contributed by atoms with Crippen molar-refractivity contribution in [2.24, 2.45) is 11.7 Å². The Kier molecular flexibility index (Phi) is 7.09. The number of anilines is 1. The van der Waals surface area contributed by atoms with Crippen molar-refractivity contribution in [1.82, 2.24) is 5.32 Å². The zero-order valence-electron chi connectivity index (χ0n) is 15.9. The number of carbonyl (C=O) groups excluding carboxylic acids is 1. The molecule has 2 aromatic carbocycles. The predicted octanol–water partition coefficient (Wildman–Crippen LogP) is 2.99. The van der Waals surface area contributed by atoms with Gasteiger partial charge in [0.05, 0.1) is 4.90 Å². The SMILES string of the molecule is Cc1cccc(NS(=O)(=O)c2cc(C(=O)NCC(N)C3CC3)ccc2C)c1.Cl. The molecule has 6 nitrogen and oxygen atoms in total.